The van der Waals surface area contributed by atoms with Crippen molar-refractivity contribution in [1.82, 2.24) is 29.5 Å². The van der Waals surface area contributed by atoms with Gasteiger partial charge >= 0.3 is 0 Å². The van der Waals surface area contributed by atoms with Crippen LogP contribution in [0.5, 0.6) is 0 Å². The Morgan fingerprint density at radius 2 is 1.90 bits per heavy atom. The van der Waals surface area contributed by atoms with Gasteiger partial charge in [-0.2, -0.15) is 10.2 Å². The van der Waals surface area contributed by atoms with Gasteiger partial charge < -0.3 is 5.11 Å². The van der Waals surface area contributed by atoms with E-state index in [4.69, 9.17) is 0 Å². The van der Waals surface area contributed by atoms with Crippen LogP contribution in [0.3, 0.4) is 0 Å². The second-order valence-corrected chi connectivity index (χ2v) is 4.71. The minimum absolute atomic E-state index is 0.409. The zero-order valence-corrected chi connectivity index (χ0v) is 11.6. The van der Waals surface area contributed by atoms with E-state index >= 15 is 0 Å². The molecule has 0 saturated heterocycles. The molecule has 1 N–H and O–H groups in total. The smallest absolute Gasteiger partial charge is 0.170 e. The molecular formula is C14H16N6O. The number of aliphatic hydroxyl groups is 1. The summed E-state index contributed by atoms with van der Waals surface area (Å²) in [7, 11) is 0. The van der Waals surface area contributed by atoms with Crippen LogP contribution in [0.2, 0.25) is 0 Å². The van der Waals surface area contributed by atoms with Gasteiger partial charge in [0.05, 0.1) is 12.3 Å². The summed E-state index contributed by atoms with van der Waals surface area (Å²) in [6.45, 7) is 1.92. The van der Waals surface area contributed by atoms with Crippen LogP contribution in [-0.2, 0) is 0 Å². The number of nitrogens with zero attached hydrogens (tertiary/aromatic N) is 6. The Bertz CT molecular complexity index is 679. The van der Waals surface area contributed by atoms with E-state index in [0.29, 0.717) is 6.42 Å². The van der Waals surface area contributed by atoms with Crippen LogP contribution in [-0.4, -0.2) is 40.7 Å². The van der Waals surface area contributed by atoms with Crippen molar-refractivity contribution in [2.75, 3.05) is 0 Å². The summed E-state index contributed by atoms with van der Waals surface area (Å²) in [6, 6.07) is 3.84. The van der Waals surface area contributed by atoms with Gasteiger partial charge in [0.1, 0.15) is 12.7 Å². The second kappa shape index (κ2) is 5.84. The molecule has 7 nitrogen and oxygen atoms in total. The van der Waals surface area contributed by atoms with E-state index in [1.54, 1.807) is 34.3 Å². The molecule has 0 saturated carbocycles. The fourth-order valence-corrected chi connectivity index (χ4v) is 2.21. The van der Waals surface area contributed by atoms with Crippen molar-refractivity contribution in [3.63, 3.8) is 0 Å². The predicted molar refractivity (Wildman–Crippen MR) is 76.2 cm³/mol. The number of aromatic nitrogens is 6. The van der Waals surface area contributed by atoms with E-state index in [1.165, 1.54) is 6.33 Å². The summed E-state index contributed by atoms with van der Waals surface area (Å²) in [5.41, 5.74) is 1.99. The summed E-state index contributed by atoms with van der Waals surface area (Å²) < 4.78 is 3.32. The molecular weight excluding hydrogens is 268 g/mol. The number of aliphatic hydroxyl groups excluding tert-OH is 1. The number of hydrogen-bond acceptors (Lipinski definition) is 5. The van der Waals surface area contributed by atoms with E-state index in [0.717, 1.165) is 11.1 Å². The average molecular weight is 284 g/mol. The monoisotopic (exact) mass is 284 g/mol. The van der Waals surface area contributed by atoms with Gasteiger partial charge in [-0.25, -0.2) is 14.3 Å². The molecule has 2 atom stereocenters. The highest BCUT2D eigenvalue weighted by atomic mass is 16.3. The van der Waals surface area contributed by atoms with Gasteiger partial charge in [0.2, 0.25) is 0 Å². The summed E-state index contributed by atoms with van der Waals surface area (Å²) in [5, 5.41) is 18.7. The Balaban J connectivity index is 1.96. The number of rotatable bonds is 5. The summed E-state index contributed by atoms with van der Waals surface area (Å²) in [5.74, 6) is 0. The molecule has 0 spiro atoms. The van der Waals surface area contributed by atoms with Crippen molar-refractivity contribution < 1.29 is 5.11 Å². The number of pyridine rings is 1. The van der Waals surface area contributed by atoms with Gasteiger partial charge in [0.15, 0.2) is 6.17 Å². The third kappa shape index (κ3) is 2.68. The van der Waals surface area contributed by atoms with Gasteiger partial charge in [-0.1, -0.05) is 6.92 Å². The lowest BCUT2D eigenvalue weighted by atomic mass is 10.1. The van der Waals surface area contributed by atoms with Crippen molar-refractivity contribution >= 4 is 0 Å². The first-order valence-electron chi connectivity index (χ1n) is 6.76. The van der Waals surface area contributed by atoms with E-state index in [2.05, 4.69) is 20.2 Å². The molecule has 7 heteroatoms. The molecule has 0 aliphatic heterocycles. The van der Waals surface area contributed by atoms with E-state index in [9.17, 15) is 5.11 Å². The molecule has 21 heavy (non-hydrogen) atoms. The van der Waals surface area contributed by atoms with Gasteiger partial charge in [0.25, 0.3) is 0 Å². The van der Waals surface area contributed by atoms with Crippen molar-refractivity contribution in [1.29, 1.82) is 0 Å². The van der Waals surface area contributed by atoms with Crippen molar-refractivity contribution in [3.8, 4) is 11.1 Å². The zero-order valence-electron chi connectivity index (χ0n) is 11.6. The maximum atomic E-state index is 10.3. The molecule has 0 aromatic carbocycles. The van der Waals surface area contributed by atoms with Gasteiger partial charge in [-0.15, -0.1) is 0 Å². The second-order valence-electron chi connectivity index (χ2n) is 4.71. The van der Waals surface area contributed by atoms with Crippen molar-refractivity contribution in [2.24, 2.45) is 0 Å². The molecule has 0 fully saturated rings. The Morgan fingerprint density at radius 3 is 2.57 bits per heavy atom. The predicted octanol–water partition coefficient (Wildman–Crippen LogP) is 1.35. The summed E-state index contributed by atoms with van der Waals surface area (Å²) in [4.78, 5) is 7.95. The minimum Gasteiger partial charge on any atom is -0.389 e. The average Bonchev–Trinajstić information content (AvgIpc) is 3.20. The lowest BCUT2D eigenvalue weighted by Gasteiger charge is -2.22. The molecule has 3 aromatic heterocycles. The van der Waals surface area contributed by atoms with Crippen LogP contribution in [0.15, 0.2) is 49.6 Å². The van der Waals surface area contributed by atoms with E-state index in [-0.39, 0.29) is 0 Å². The first kappa shape index (κ1) is 13.4. The standard InChI is InChI=1S/C14H16N6O/c1-2-13(21)14(20-10-16-9-18-20)19-8-12(7-17-19)11-3-5-15-6-4-11/h3-10,13-14,21H,2H2,1H3. The Labute approximate surface area is 121 Å². The fourth-order valence-electron chi connectivity index (χ4n) is 2.21. The lowest BCUT2D eigenvalue weighted by Crippen LogP contribution is -2.30. The zero-order chi connectivity index (χ0) is 14.7. The van der Waals surface area contributed by atoms with Gasteiger partial charge in [0, 0.05) is 24.2 Å². The highest BCUT2D eigenvalue weighted by molar-refractivity contribution is 5.60. The van der Waals surface area contributed by atoms with Crippen LogP contribution < -0.4 is 0 Å². The largest absolute Gasteiger partial charge is 0.389 e. The minimum atomic E-state index is -0.600. The number of hydrogen-bond donors (Lipinski definition) is 1. The summed E-state index contributed by atoms with van der Waals surface area (Å²) in [6.07, 6.45) is 9.74. The lowest BCUT2D eigenvalue weighted by molar-refractivity contribution is 0.0792. The van der Waals surface area contributed by atoms with Crippen molar-refractivity contribution in [2.45, 2.75) is 25.6 Å². The highest BCUT2D eigenvalue weighted by Gasteiger charge is 2.23. The molecule has 0 aliphatic carbocycles. The molecule has 0 bridgehead atoms. The van der Waals surface area contributed by atoms with Crippen LogP contribution >= 0.6 is 0 Å². The van der Waals surface area contributed by atoms with Crippen LogP contribution in [0.25, 0.3) is 11.1 Å². The topological polar surface area (TPSA) is 81.6 Å². The van der Waals surface area contributed by atoms with Crippen LogP contribution in [0.1, 0.15) is 19.5 Å². The molecule has 3 heterocycles. The molecule has 2 unspecified atom stereocenters. The molecule has 3 rings (SSSR count). The Hall–Kier alpha value is -2.54. The van der Waals surface area contributed by atoms with Crippen LogP contribution in [0.4, 0.5) is 0 Å². The third-order valence-electron chi connectivity index (χ3n) is 3.36. The maximum absolute atomic E-state index is 10.3. The Kier molecular flexibility index (Phi) is 3.74. The quantitative estimate of drug-likeness (QED) is 0.765. The molecule has 3 aromatic rings. The third-order valence-corrected chi connectivity index (χ3v) is 3.36. The van der Waals surface area contributed by atoms with Crippen LogP contribution in [0, 0.1) is 0 Å². The normalized spacial score (nSPS) is 14.0. The first-order valence-corrected chi connectivity index (χ1v) is 6.76. The van der Waals surface area contributed by atoms with E-state index in [1.807, 2.05) is 25.3 Å². The molecule has 0 amide bonds. The highest BCUT2D eigenvalue weighted by Crippen LogP contribution is 2.21. The maximum Gasteiger partial charge on any atom is 0.170 e. The SMILES string of the molecule is CCC(O)C(n1cncn1)n1cc(-c2ccncc2)cn1. The van der Waals surface area contributed by atoms with Crippen molar-refractivity contribution in [3.05, 3.63) is 49.6 Å². The van der Waals surface area contributed by atoms with Gasteiger partial charge in [-0.3, -0.25) is 4.98 Å². The molecule has 108 valence electrons. The molecule has 0 radical (unpaired) electrons. The molecule has 0 aliphatic rings. The van der Waals surface area contributed by atoms with Gasteiger partial charge in [-0.05, 0) is 24.1 Å². The summed E-state index contributed by atoms with van der Waals surface area (Å²) >= 11 is 0. The van der Waals surface area contributed by atoms with E-state index < -0.39 is 12.3 Å². The first-order chi connectivity index (χ1) is 10.3. The Morgan fingerprint density at radius 1 is 1.10 bits per heavy atom. The fraction of sp³-hybridized carbons (Fsp3) is 0.286.